The highest BCUT2D eigenvalue weighted by Crippen LogP contribution is 2.32. The third-order valence-corrected chi connectivity index (χ3v) is 3.02. The number of methoxy groups -OCH3 is 2. The van der Waals surface area contributed by atoms with Gasteiger partial charge in [0, 0.05) is 12.1 Å². The maximum absolute atomic E-state index is 11.5. The van der Waals surface area contributed by atoms with Crippen LogP contribution < -0.4 is 20.1 Å². The van der Waals surface area contributed by atoms with Gasteiger partial charge in [0.05, 0.1) is 26.7 Å². The van der Waals surface area contributed by atoms with Crippen molar-refractivity contribution in [2.24, 2.45) is 0 Å². The van der Waals surface area contributed by atoms with E-state index in [1.54, 1.807) is 36.3 Å². The van der Waals surface area contributed by atoms with Gasteiger partial charge >= 0.3 is 6.03 Å². The second-order valence-electron chi connectivity index (χ2n) is 4.43. The van der Waals surface area contributed by atoms with Crippen LogP contribution in [0.3, 0.4) is 0 Å². The van der Waals surface area contributed by atoms with Gasteiger partial charge in [0.1, 0.15) is 6.26 Å². The van der Waals surface area contributed by atoms with Crippen LogP contribution in [0.25, 0.3) is 0 Å². The zero-order chi connectivity index (χ0) is 17.7. The summed E-state index contributed by atoms with van der Waals surface area (Å²) in [4.78, 5) is 33.9. The molecule has 0 saturated carbocycles. The molecule has 10 heteroatoms. The van der Waals surface area contributed by atoms with E-state index in [0.29, 0.717) is 0 Å². The number of rotatable bonds is 3. The molecule has 0 radical (unpaired) electrons. The molecule has 128 valence electrons. The zero-order valence-electron chi connectivity index (χ0n) is 12.7. The zero-order valence-corrected chi connectivity index (χ0v) is 12.7. The first-order chi connectivity index (χ1) is 11.4. The maximum Gasteiger partial charge on any atom is 0.328 e. The fourth-order valence-electron chi connectivity index (χ4n) is 1.82. The van der Waals surface area contributed by atoms with Crippen molar-refractivity contribution in [2.75, 3.05) is 14.2 Å². The topological polar surface area (TPSA) is 140 Å². The van der Waals surface area contributed by atoms with E-state index < -0.39 is 23.4 Å². The number of amides is 4. The van der Waals surface area contributed by atoms with Crippen LogP contribution in [0.15, 0.2) is 39.8 Å². The van der Waals surface area contributed by atoms with Crippen LogP contribution in [0, 0.1) is 0 Å². The Labute approximate surface area is 135 Å². The minimum Gasteiger partial charge on any atom is -0.493 e. The summed E-state index contributed by atoms with van der Waals surface area (Å²) in [6.07, 6.45) is 4.25. The molecule has 1 aliphatic heterocycles. The molecule has 0 aliphatic carbocycles. The van der Waals surface area contributed by atoms with Crippen molar-refractivity contribution in [2.45, 2.75) is 5.60 Å². The molecule has 0 bridgehead atoms. The van der Waals surface area contributed by atoms with Crippen LogP contribution in [0.2, 0.25) is 0 Å². The van der Waals surface area contributed by atoms with Crippen LogP contribution in [-0.2, 0) is 15.2 Å². The van der Waals surface area contributed by atoms with Crippen molar-refractivity contribution in [3.63, 3.8) is 0 Å². The van der Waals surface area contributed by atoms with E-state index in [-0.39, 0.29) is 11.5 Å². The Hall–Kier alpha value is -3.27. The van der Waals surface area contributed by atoms with Crippen LogP contribution in [0.5, 0.6) is 11.5 Å². The highest BCUT2D eigenvalue weighted by atomic mass is 16.5. The van der Waals surface area contributed by atoms with E-state index in [4.69, 9.17) is 13.9 Å². The van der Waals surface area contributed by atoms with Gasteiger partial charge in [0.15, 0.2) is 17.3 Å². The monoisotopic (exact) mass is 338 g/mol. The Morgan fingerprint density at radius 2 is 1.71 bits per heavy atom. The molecule has 2 aromatic heterocycles. The lowest BCUT2D eigenvalue weighted by Crippen LogP contribution is -2.64. The third kappa shape index (κ3) is 3.08. The SMILES string of the molecule is COc1ccoc1.COc1ccoc1C1(O)C(=O)NC(=O)NC1=O. The lowest BCUT2D eigenvalue weighted by molar-refractivity contribution is -0.157. The van der Waals surface area contributed by atoms with E-state index in [1.807, 2.05) is 0 Å². The van der Waals surface area contributed by atoms with Crippen molar-refractivity contribution in [3.05, 3.63) is 36.7 Å². The number of carbonyl (C=O) groups is 3. The molecule has 10 nitrogen and oxygen atoms in total. The maximum atomic E-state index is 11.5. The number of hydrogen-bond acceptors (Lipinski definition) is 8. The second-order valence-corrected chi connectivity index (χ2v) is 4.43. The van der Waals surface area contributed by atoms with E-state index >= 15 is 0 Å². The number of nitrogens with one attached hydrogen (secondary N) is 2. The first-order valence-corrected chi connectivity index (χ1v) is 6.50. The molecule has 1 saturated heterocycles. The van der Waals surface area contributed by atoms with Gasteiger partial charge in [-0.3, -0.25) is 20.2 Å². The Bertz CT molecular complexity index is 714. The van der Waals surface area contributed by atoms with Gasteiger partial charge in [-0.25, -0.2) is 4.79 Å². The lowest BCUT2D eigenvalue weighted by atomic mass is 9.96. The molecule has 24 heavy (non-hydrogen) atoms. The van der Waals surface area contributed by atoms with Gasteiger partial charge in [-0.2, -0.15) is 0 Å². The number of imide groups is 2. The molecular weight excluding hydrogens is 324 g/mol. The van der Waals surface area contributed by atoms with Crippen molar-refractivity contribution in [1.82, 2.24) is 10.6 Å². The molecule has 0 aromatic carbocycles. The number of ether oxygens (including phenoxy) is 2. The standard InChI is InChI=1S/C9H8N2O6.C5H6O2/c1-16-4-2-3-17-5(4)9(15)6(12)10-8(14)11-7(9)13;1-6-5-2-3-7-4-5/h2-3,15H,1H3,(H2,10,11,12,13,14);2-4H,1H3. The van der Waals surface area contributed by atoms with E-state index in [1.165, 1.54) is 13.2 Å². The number of carbonyl (C=O) groups excluding carboxylic acids is 3. The number of furan rings is 2. The molecule has 4 amide bonds. The summed E-state index contributed by atoms with van der Waals surface area (Å²) >= 11 is 0. The summed E-state index contributed by atoms with van der Waals surface area (Å²) < 4.78 is 19.1. The van der Waals surface area contributed by atoms with E-state index in [0.717, 1.165) is 12.0 Å². The van der Waals surface area contributed by atoms with Crippen molar-refractivity contribution in [3.8, 4) is 11.5 Å². The first kappa shape index (κ1) is 17.1. The quantitative estimate of drug-likeness (QED) is 0.671. The van der Waals surface area contributed by atoms with Crippen LogP contribution in [0.1, 0.15) is 5.76 Å². The van der Waals surface area contributed by atoms with Crippen LogP contribution >= 0.6 is 0 Å². The predicted octanol–water partition coefficient (Wildman–Crippen LogP) is 0.130. The Kier molecular flexibility index (Phi) is 4.90. The van der Waals surface area contributed by atoms with E-state index in [9.17, 15) is 19.5 Å². The minimum atomic E-state index is -2.62. The van der Waals surface area contributed by atoms with E-state index in [2.05, 4.69) is 4.42 Å². The molecular formula is C14H14N2O8. The average molecular weight is 338 g/mol. The Morgan fingerprint density at radius 3 is 2.17 bits per heavy atom. The second kappa shape index (κ2) is 6.87. The van der Waals surface area contributed by atoms with Crippen molar-refractivity contribution in [1.29, 1.82) is 0 Å². The molecule has 1 aliphatic rings. The Morgan fingerprint density at radius 1 is 1.04 bits per heavy atom. The molecule has 3 heterocycles. The van der Waals surface area contributed by atoms with Gasteiger partial charge in [-0.15, -0.1) is 0 Å². The van der Waals surface area contributed by atoms with Gasteiger partial charge in [0.25, 0.3) is 17.4 Å². The van der Waals surface area contributed by atoms with Crippen LogP contribution in [0.4, 0.5) is 4.79 Å². The summed E-state index contributed by atoms with van der Waals surface area (Å²) in [5.74, 6) is -1.99. The predicted molar refractivity (Wildman–Crippen MR) is 76.1 cm³/mol. The van der Waals surface area contributed by atoms with Crippen molar-refractivity contribution < 1.29 is 37.8 Å². The molecule has 3 N–H and O–H groups in total. The molecule has 2 aromatic rings. The van der Waals surface area contributed by atoms with Gasteiger partial charge in [-0.1, -0.05) is 0 Å². The average Bonchev–Trinajstić information content (AvgIpc) is 3.23. The first-order valence-electron chi connectivity index (χ1n) is 6.50. The van der Waals surface area contributed by atoms with Gasteiger partial charge in [-0.05, 0) is 0 Å². The summed E-state index contributed by atoms with van der Waals surface area (Å²) in [5.41, 5.74) is -2.62. The lowest BCUT2D eigenvalue weighted by Gasteiger charge is -2.27. The minimum absolute atomic E-state index is 0.0205. The number of urea groups is 1. The summed E-state index contributed by atoms with van der Waals surface area (Å²) in [6.45, 7) is 0. The molecule has 0 atom stereocenters. The molecule has 3 rings (SSSR count). The highest BCUT2D eigenvalue weighted by molar-refractivity contribution is 6.21. The summed E-state index contributed by atoms with van der Waals surface area (Å²) in [7, 11) is 2.88. The highest BCUT2D eigenvalue weighted by Gasteiger charge is 2.54. The number of hydrogen-bond donors (Lipinski definition) is 3. The smallest absolute Gasteiger partial charge is 0.328 e. The third-order valence-electron chi connectivity index (χ3n) is 3.02. The van der Waals surface area contributed by atoms with Crippen LogP contribution in [-0.4, -0.2) is 37.2 Å². The number of barbiturate groups is 1. The fourth-order valence-corrected chi connectivity index (χ4v) is 1.82. The molecule has 0 spiro atoms. The Balaban J connectivity index is 0.000000249. The molecule has 1 fully saturated rings. The van der Waals surface area contributed by atoms with Gasteiger partial charge < -0.3 is 23.4 Å². The largest absolute Gasteiger partial charge is 0.493 e. The summed E-state index contributed by atoms with van der Waals surface area (Å²) in [5, 5.41) is 13.6. The fraction of sp³-hybridized carbons (Fsp3) is 0.214. The molecule has 0 unspecified atom stereocenters. The normalized spacial score (nSPS) is 15.7. The van der Waals surface area contributed by atoms with Gasteiger partial charge in [0.2, 0.25) is 0 Å². The van der Waals surface area contributed by atoms with Crippen molar-refractivity contribution >= 4 is 17.8 Å². The summed E-state index contributed by atoms with van der Waals surface area (Å²) in [6, 6.07) is 2.07. The number of aliphatic hydroxyl groups is 1.